The summed E-state index contributed by atoms with van der Waals surface area (Å²) in [5.41, 5.74) is 0.698. The molecule has 0 saturated carbocycles. The molecule has 2 atom stereocenters. The van der Waals surface area contributed by atoms with Gasteiger partial charge in [0.1, 0.15) is 0 Å². The number of urea groups is 1. The number of benzene rings is 1. The van der Waals surface area contributed by atoms with Crippen molar-refractivity contribution in [2.75, 3.05) is 45.0 Å². The highest BCUT2D eigenvalue weighted by Crippen LogP contribution is 2.34. The molecule has 2 saturated heterocycles. The van der Waals surface area contributed by atoms with Crippen molar-refractivity contribution in [1.82, 2.24) is 10.2 Å². The standard InChI is InChI=1S/C18H25N3O4/c22-18(20-14-3-4-16-17(9-14)25-12-24-16)19-10-15(13-5-8-23-11-13)21-6-1-2-7-21/h3-4,9,13,15H,1-2,5-8,10-12H2,(H2,19,20,22)/t13-,15+/m1/s1. The summed E-state index contributed by atoms with van der Waals surface area (Å²) in [6, 6.07) is 5.57. The van der Waals surface area contributed by atoms with E-state index < -0.39 is 0 Å². The monoisotopic (exact) mass is 347 g/mol. The molecule has 0 spiro atoms. The van der Waals surface area contributed by atoms with E-state index in [-0.39, 0.29) is 12.8 Å². The number of likely N-dealkylation sites (tertiary alicyclic amines) is 1. The highest BCUT2D eigenvalue weighted by atomic mass is 16.7. The Bertz CT molecular complexity index is 596. The number of hydrogen-bond acceptors (Lipinski definition) is 5. The van der Waals surface area contributed by atoms with Crippen LogP contribution >= 0.6 is 0 Å². The van der Waals surface area contributed by atoms with Gasteiger partial charge in [-0.2, -0.15) is 0 Å². The molecule has 3 aliphatic rings. The maximum atomic E-state index is 12.3. The second kappa shape index (κ2) is 7.49. The summed E-state index contributed by atoms with van der Waals surface area (Å²) in [5, 5.41) is 5.91. The molecule has 0 aromatic heterocycles. The van der Waals surface area contributed by atoms with Gasteiger partial charge in [0.2, 0.25) is 6.79 Å². The third kappa shape index (κ3) is 3.82. The predicted molar refractivity (Wildman–Crippen MR) is 93.1 cm³/mol. The van der Waals surface area contributed by atoms with E-state index in [1.165, 1.54) is 12.8 Å². The number of ether oxygens (including phenoxy) is 3. The average molecular weight is 347 g/mol. The van der Waals surface area contributed by atoms with Crippen LogP contribution in [0.2, 0.25) is 0 Å². The third-order valence-electron chi connectivity index (χ3n) is 5.22. The van der Waals surface area contributed by atoms with Crippen LogP contribution in [0.15, 0.2) is 18.2 Å². The summed E-state index contributed by atoms with van der Waals surface area (Å²) in [7, 11) is 0. The fourth-order valence-corrected chi connectivity index (χ4v) is 3.87. The van der Waals surface area contributed by atoms with Crippen LogP contribution in [0, 0.1) is 5.92 Å². The first-order valence-corrected chi connectivity index (χ1v) is 9.06. The fraction of sp³-hybridized carbons (Fsp3) is 0.611. The van der Waals surface area contributed by atoms with E-state index in [2.05, 4.69) is 15.5 Å². The molecular weight excluding hydrogens is 322 g/mol. The lowest BCUT2D eigenvalue weighted by atomic mass is 9.97. The lowest BCUT2D eigenvalue weighted by molar-refractivity contribution is 0.135. The predicted octanol–water partition coefficient (Wildman–Crippen LogP) is 2.04. The molecule has 2 N–H and O–H groups in total. The van der Waals surface area contributed by atoms with Crippen LogP contribution in [0.3, 0.4) is 0 Å². The van der Waals surface area contributed by atoms with Crippen molar-refractivity contribution >= 4 is 11.7 Å². The van der Waals surface area contributed by atoms with Crippen LogP contribution in [0.25, 0.3) is 0 Å². The molecule has 3 aliphatic heterocycles. The first-order valence-electron chi connectivity index (χ1n) is 9.06. The van der Waals surface area contributed by atoms with Gasteiger partial charge >= 0.3 is 6.03 Å². The molecule has 4 rings (SSSR count). The Morgan fingerprint density at radius 3 is 2.88 bits per heavy atom. The molecule has 2 amide bonds. The summed E-state index contributed by atoms with van der Waals surface area (Å²) < 4.78 is 16.2. The number of amides is 2. The lowest BCUT2D eigenvalue weighted by Gasteiger charge is -2.31. The Hall–Kier alpha value is -1.99. The van der Waals surface area contributed by atoms with Crippen molar-refractivity contribution < 1.29 is 19.0 Å². The minimum absolute atomic E-state index is 0.193. The zero-order valence-electron chi connectivity index (χ0n) is 14.3. The summed E-state index contributed by atoms with van der Waals surface area (Å²) >= 11 is 0. The number of rotatable bonds is 5. The van der Waals surface area contributed by atoms with Gasteiger partial charge in [0.25, 0.3) is 0 Å². The maximum Gasteiger partial charge on any atom is 0.319 e. The van der Waals surface area contributed by atoms with Crippen molar-refractivity contribution in [2.45, 2.75) is 25.3 Å². The summed E-state index contributed by atoms with van der Waals surface area (Å²) in [6.45, 7) is 4.74. The topological polar surface area (TPSA) is 72.1 Å². The van der Waals surface area contributed by atoms with Crippen molar-refractivity contribution in [2.24, 2.45) is 5.92 Å². The third-order valence-corrected chi connectivity index (χ3v) is 5.22. The first kappa shape index (κ1) is 16.5. The molecule has 7 heteroatoms. The van der Waals surface area contributed by atoms with Crippen LogP contribution < -0.4 is 20.1 Å². The Balaban J connectivity index is 1.33. The van der Waals surface area contributed by atoms with Crippen LogP contribution in [0.1, 0.15) is 19.3 Å². The number of carbonyl (C=O) groups is 1. The SMILES string of the molecule is O=C(NC[C@@H]([C@@H]1CCOC1)N1CCCC1)Nc1ccc2c(c1)OCO2. The number of carbonyl (C=O) groups excluding carboxylic acids is 1. The van der Waals surface area contributed by atoms with Crippen molar-refractivity contribution in [1.29, 1.82) is 0 Å². The molecule has 136 valence electrons. The van der Waals surface area contributed by atoms with Gasteiger partial charge in [-0.25, -0.2) is 4.79 Å². The van der Waals surface area contributed by atoms with E-state index in [4.69, 9.17) is 14.2 Å². The highest BCUT2D eigenvalue weighted by molar-refractivity contribution is 5.89. The van der Waals surface area contributed by atoms with Gasteiger partial charge in [-0.1, -0.05) is 0 Å². The number of nitrogens with zero attached hydrogens (tertiary/aromatic N) is 1. The molecule has 0 bridgehead atoms. The average Bonchev–Trinajstić information content (AvgIpc) is 3.37. The smallest absolute Gasteiger partial charge is 0.319 e. The Kier molecular flexibility index (Phi) is 4.94. The van der Waals surface area contributed by atoms with Gasteiger partial charge in [-0.05, 0) is 44.5 Å². The Morgan fingerprint density at radius 2 is 2.08 bits per heavy atom. The molecule has 0 aliphatic carbocycles. The summed E-state index contributed by atoms with van der Waals surface area (Å²) in [5.74, 6) is 1.88. The molecule has 1 aromatic carbocycles. The second-order valence-corrected chi connectivity index (χ2v) is 6.84. The lowest BCUT2D eigenvalue weighted by Crippen LogP contribution is -2.48. The van der Waals surface area contributed by atoms with Crippen LogP contribution in [-0.2, 0) is 4.74 Å². The first-order chi connectivity index (χ1) is 12.3. The van der Waals surface area contributed by atoms with E-state index in [1.807, 2.05) is 6.07 Å². The van der Waals surface area contributed by atoms with Crippen LogP contribution in [0.4, 0.5) is 10.5 Å². The van der Waals surface area contributed by atoms with Gasteiger partial charge in [0, 0.05) is 36.9 Å². The van der Waals surface area contributed by atoms with Crippen molar-refractivity contribution in [3.05, 3.63) is 18.2 Å². The molecular formula is C18H25N3O4. The van der Waals surface area contributed by atoms with E-state index >= 15 is 0 Å². The number of anilines is 1. The van der Waals surface area contributed by atoms with E-state index in [9.17, 15) is 4.79 Å². The van der Waals surface area contributed by atoms with Gasteiger partial charge in [0.15, 0.2) is 11.5 Å². The number of hydrogen-bond donors (Lipinski definition) is 2. The van der Waals surface area contributed by atoms with E-state index in [0.29, 0.717) is 35.7 Å². The quantitative estimate of drug-likeness (QED) is 0.853. The van der Waals surface area contributed by atoms with Crippen LogP contribution in [0.5, 0.6) is 11.5 Å². The summed E-state index contributed by atoms with van der Waals surface area (Å²) in [6.07, 6.45) is 3.56. The second-order valence-electron chi connectivity index (χ2n) is 6.84. The number of fused-ring (bicyclic) bond motifs is 1. The Labute approximate surface area is 147 Å². The molecule has 7 nitrogen and oxygen atoms in total. The van der Waals surface area contributed by atoms with Gasteiger partial charge in [0.05, 0.1) is 6.61 Å². The van der Waals surface area contributed by atoms with Gasteiger partial charge in [-0.3, -0.25) is 4.90 Å². The minimum Gasteiger partial charge on any atom is -0.454 e. The van der Waals surface area contributed by atoms with Gasteiger partial charge in [-0.15, -0.1) is 0 Å². The minimum atomic E-state index is -0.193. The molecule has 0 radical (unpaired) electrons. The van der Waals surface area contributed by atoms with Gasteiger partial charge < -0.3 is 24.8 Å². The largest absolute Gasteiger partial charge is 0.454 e. The maximum absolute atomic E-state index is 12.3. The normalized spacial score (nSPS) is 23.6. The molecule has 0 unspecified atom stereocenters. The number of nitrogens with one attached hydrogen (secondary N) is 2. The fourth-order valence-electron chi connectivity index (χ4n) is 3.87. The van der Waals surface area contributed by atoms with E-state index in [1.54, 1.807) is 12.1 Å². The molecule has 3 heterocycles. The highest BCUT2D eigenvalue weighted by Gasteiger charge is 2.32. The zero-order chi connectivity index (χ0) is 17.1. The molecule has 1 aromatic rings. The zero-order valence-corrected chi connectivity index (χ0v) is 14.3. The van der Waals surface area contributed by atoms with E-state index in [0.717, 1.165) is 32.7 Å². The molecule has 25 heavy (non-hydrogen) atoms. The van der Waals surface area contributed by atoms with Crippen molar-refractivity contribution in [3.63, 3.8) is 0 Å². The Morgan fingerprint density at radius 1 is 1.24 bits per heavy atom. The summed E-state index contributed by atoms with van der Waals surface area (Å²) in [4.78, 5) is 14.8. The molecule has 2 fully saturated rings. The van der Waals surface area contributed by atoms with Crippen molar-refractivity contribution in [3.8, 4) is 11.5 Å². The van der Waals surface area contributed by atoms with Crippen LogP contribution in [-0.4, -0.2) is 56.6 Å².